The molecule has 0 aliphatic carbocycles. The van der Waals surface area contributed by atoms with Crippen molar-refractivity contribution < 1.29 is 9.59 Å². The van der Waals surface area contributed by atoms with Gasteiger partial charge in [-0.25, -0.2) is 4.79 Å². The Morgan fingerprint density at radius 1 is 0.880 bits per heavy atom. The molecule has 0 spiro atoms. The summed E-state index contributed by atoms with van der Waals surface area (Å²) in [5.41, 5.74) is 7.10. The minimum absolute atomic E-state index is 0.0221. The summed E-state index contributed by atoms with van der Waals surface area (Å²) in [5, 5.41) is 7.55. The summed E-state index contributed by atoms with van der Waals surface area (Å²) < 4.78 is 0. The quantitative estimate of drug-likeness (QED) is 0.671. The molecule has 0 bridgehead atoms. The lowest BCUT2D eigenvalue weighted by atomic mass is 9.93. The summed E-state index contributed by atoms with van der Waals surface area (Å²) in [6, 6.07) is 23.0. The number of primary amides is 1. The number of benzene rings is 3. The van der Waals surface area contributed by atoms with E-state index in [0.29, 0.717) is 0 Å². The SMILES string of the molecule is NC(=O)NC(=O)CN[C@@H](c1ccccc1)c1cccc2ccccc12. The van der Waals surface area contributed by atoms with Gasteiger partial charge in [-0.1, -0.05) is 72.8 Å². The first kappa shape index (κ1) is 16.7. The number of hydrogen-bond acceptors (Lipinski definition) is 3. The number of rotatable bonds is 5. The van der Waals surface area contributed by atoms with E-state index < -0.39 is 11.9 Å². The topological polar surface area (TPSA) is 84.2 Å². The summed E-state index contributed by atoms with van der Waals surface area (Å²) in [7, 11) is 0. The van der Waals surface area contributed by atoms with E-state index in [-0.39, 0.29) is 12.6 Å². The van der Waals surface area contributed by atoms with E-state index in [9.17, 15) is 9.59 Å². The Labute approximate surface area is 145 Å². The average Bonchev–Trinajstić information content (AvgIpc) is 2.62. The highest BCUT2D eigenvalue weighted by atomic mass is 16.2. The first-order chi connectivity index (χ1) is 12.1. The summed E-state index contributed by atoms with van der Waals surface area (Å²) in [6.07, 6.45) is 0. The molecule has 0 fully saturated rings. The second kappa shape index (κ2) is 7.59. The molecule has 0 heterocycles. The molecule has 3 aromatic rings. The maximum absolute atomic E-state index is 11.8. The molecule has 4 N–H and O–H groups in total. The van der Waals surface area contributed by atoms with Crippen LogP contribution >= 0.6 is 0 Å². The Bertz CT molecular complexity index is 888. The molecule has 0 unspecified atom stereocenters. The van der Waals surface area contributed by atoms with Crippen LogP contribution in [0.25, 0.3) is 10.8 Å². The first-order valence-electron chi connectivity index (χ1n) is 8.00. The van der Waals surface area contributed by atoms with Gasteiger partial charge < -0.3 is 5.73 Å². The molecule has 5 heteroatoms. The number of nitrogens with one attached hydrogen (secondary N) is 2. The number of nitrogens with two attached hydrogens (primary N) is 1. The van der Waals surface area contributed by atoms with Crippen LogP contribution in [0, 0.1) is 0 Å². The monoisotopic (exact) mass is 333 g/mol. The molecular formula is C20H19N3O2. The predicted octanol–water partition coefficient (Wildman–Crippen LogP) is 2.71. The zero-order valence-electron chi connectivity index (χ0n) is 13.6. The van der Waals surface area contributed by atoms with Crippen LogP contribution in [-0.4, -0.2) is 18.5 Å². The zero-order chi connectivity index (χ0) is 17.6. The van der Waals surface area contributed by atoms with Gasteiger partial charge in [0, 0.05) is 0 Å². The largest absolute Gasteiger partial charge is 0.351 e. The Kier molecular flexibility index (Phi) is 5.06. The van der Waals surface area contributed by atoms with Gasteiger partial charge in [-0.2, -0.15) is 0 Å². The van der Waals surface area contributed by atoms with Gasteiger partial charge >= 0.3 is 6.03 Å². The lowest BCUT2D eigenvalue weighted by molar-refractivity contribution is -0.119. The van der Waals surface area contributed by atoms with Crippen LogP contribution in [0.4, 0.5) is 4.79 Å². The van der Waals surface area contributed by atoms with Gasteiger partial charge in [-0.05, 0) is 21.9 Å². The number of hydrogen-bond donors (Lipinski definition) is 3. The summed E-state index contributed by atoms with van der Waals surface area (Å²) >= 11 is 0. The average molecular weight is 333 g/mol. The molecule has 126 valence electrons. The summed E-state index contributed by atoms with van der Waals surface area (Å²) in [6.45, 7) is -0.0221. The molecule has 0 radical (unpaired) electrons. The highest BCUT2D eigenvalue weighted by molar-refractivity contribution is 5.94. The number of urea groups is 1. The van der Waals surface area contributed by atoms with Crippen molar-refractivity contribution in [2.45, 2.75) is 6.04 Å². The standard InChI is InChI=1S/C20H19N3O2/c21-20(25)23-18(24)13-22-19(15-8-2-1-3-9-15)17-12-6-10-14-7-4-5-11-16(14)17/h1-12,19,22H,13H2,(H3,21,23,24,25)/t19-/m0/s1. The van der Waals surface area contributed by atoms with Gasteiger partial charge in [-0.15, -0.1) is 0 Å². The molecule has 0 aliphatic rings. The van der Waals surface area contributed by atoms with Crippen molar-refractivity contribution in [2.75, 3.05) is 6.54 Å². The number of amides is 3. The molecule has 0 saturated heterocycles. The van der Waals surface area contributed by atoms with Crippen molar-refractivity contribution >= 4 is 22.7 Å². The second-order valence-corrected chi connectivity index (χ2v) is 5.71. The summed E-state index contributed by atoms with van der Waals surface area (Å²) in [4.78, 5) is 22.6. The van der Waals surface area contributed by atoms with Gasteiger partial charge in [0.15, 0.2) is 0 Å². The van der Waals surface area contributed by atoms with Gasteiger partial charge in [0.25, 0.3) is 0 Å². The van der Waals surface area contributed by atoms with E-state index in [2.05, 4.69) is 28.8 Å². The molecule has 3 aromatic carbocycles. The fourth-order valence-corrected chi connectivity index (χ4v) is 2.93. The van der Waals surface area contributed by atoms with Crippen molar-refractivity contribution in [3.63, 3.8) is 0 Å². The number of carbonyl (C=O) groups is 2. The zero-order valence-corrected chi connectivity index (χ0v) is 13.6. The molecule has 5 nitrogen and oxygen atoms in total. The number of fused-ring (bicyclic) bond motifs is 1. The third kappa shape index (κ3) is 4.02. The maximum Gasteiger partial charge on any atom is 0.318 e. The molecule has 1 atom stereocenters. The van der Waals surface area contributed by atoms with Crippen LogP contribution in [0.1, 0.15) is 17.2 Å². The predicted molar refractivity (Wildman–Crippen MR) is 98.0 cm³/mol. The van der Waals surface area contributed by atoms with Crippen molar-refractivity contribution in [3.8, 4) is 0 Å². The lowest BCUT2D eigenvalue weighted by Gasteiger charge is -2.21. The number of imide groups is 1. The normalized spacial score (nSPS) is 11.8. The molecule has 3 amide bonds. The van der Waals surface area contributed by atoms with Crippen molar-refractivity contribution in [1.29, 1.82) is 0 Å². The van der Waals surface area contributed by atoms with Crippen LogP contribution in [0.15, 0.2) is 72.8 Å². The van der Waals surface area contributed by atoms with Crippen LogP contribution in [0.2, 0.25) is 0 Å². The van der Waals surface area contributed by atoms with E-state index in [0.717, 1.165) is 21.9 Å². The fourth-order valence-electron chi connectivity index (χ4n) is 2.93. The van der Waals surface area contributed by atoms with Gasteiger partial charge in [0.05, 0.1) is 12.6 Å². The Morgan fingerprint density at radius 2 is 1.56 bits per heavy atom. The lowest BCUT2D eigenvalue weighted by Crippen LogP contribution is -2.41. The van der Waals surface area contributed by atoms with Crippen molar-refractivity contribution in [2.24, 2.45) is 5.73 Å². The highest BCUT2D eigenvalue weighted by Crippen LogP contribution is 2.28. The molecule has 0 saturated carbocycles. The van der Waals surface area contributed by atoms with Crippen LogP contribution in [0.3, 0.4) is 0 Å². The fraction of sp³-hybridized carbons (Fsp3) is 0.100. The minimum atomic E-state index is -0.853. The van der Waals surface area contributed by atoms with E-state index in [4.69, 9.17) is 5.73 Å². The first-order valence-corrected chi connectivity index (χ1v) is 8.00. The van der Waals surface area contributed by atoms with Crippen LogP contribution in [-0.2, 0) is 4.79 Å². The van der Waals surface area contributed by atoms with Crippen molar-refractivity contribution in [3.05, 3.63) is 83.9 Å². The highest BCUT2D eigenvalue weighted by Gasteiger charge is 2.17. The molecule has 0 aromatic heterocycles. The van der Waals surface area contributed by atoms with E-state index >= 15 is 0 Å². The summed E-state index contributed by atoms with van der Waals surface area (Å²) in [5.74, 6) is -0.464. The molecule has 3 rings (SSSR count). The van der Waals surface area contributed by atoms with Gasteiger partial charge in [0.2, 0.25) is 5.91 Å². The minimum Gasteiger partial charge on any atom is -0.351 e. The van der Waals surface area contributed by atoms with E-state index in [1.54, 1.807) is 0 Å². The molecular weight excluding hydrogens is 314 g/mol. The third-order valence-corrected chi connectivity index (χ3v) is 4.00. The Hall–Kier alpha value is -3.18. The van der Waals surface area contributed by atoms with Gasteiger partial charge in [-0.3, -0.25) is 15.4 Å². The maximum atomic E-state index is 11.8. The van der Waals surface area contributed by atoms with Gasteiger partial charge in [0.1, 0.15) is 0 Å². The van der Waals surface area contributed by atoms with Crippen LogP contribution in [0.5, 0.6) is 0 Å². The van der Waals surface area contributed by atoms with E-state index in [1.807, 2.05) is 54.6 Å². The smallest absolute Gasteiger partial charge is 0.318 e. The number of carbonyl (C=O) groups excluding carboxylic acids is 2. The Balaban J connectivity index is 1.96. The molecule has 25 heavy (non-hydrogen) atoms. The van der Waals surface area contributed by atoms with E-state index in [1.165, 1.54) is 0 Å². The molecule has 0 aliphatic heterocycles. The second-order valence-electron chi connectivity index (χ2n) is 5.71. The van der Waals surface area contributed by atoms with Crippen molar-refractivity contribution in [1.82, 2.24) is 10.6 Å². The Morgan fingerprint density at radius 3 is 2.32 bits per heavy atom. The van der Waals surface area contributed by atoms with Crippen LogP contribution < -0.4 is 16.4 Å². The third-order valence-electron chi connectivity index (χ3n) is 4.00.